The van der Waals surface area contributed by atoms with Crippen LogP contribution in [0.2, 0.25) is 5.02 Å². The molecule has 0 spiro atoms. The van der Waals surface area contributed by atoms with Gasteiger partial charge in [-0.2, -0.15) is 0 Å². The van der Waals surface area contributed by atoms with Crippen molar-refractivity contribution in [2.45, 2.75) is 13.2 Å². The van der Waals surface area contributed by atoms with E-state index in [1.807, 2.05) is 47.0 Å². The van der Waals surface area contributed by atoms with Crippen LogP contribution >= 0.6 is 11.6 Å². The average molecular weight is 303 g/mol. The molecule has 1 N–H and O–H groups in total. The average Bonchev–Trinajstić information content (AvgIpc) is 2.85. The number of hydrogen-bond donors (Lipinski definition) is 1. The van der Waals surface area contributed by atoms with Crippen LogP contribution in [0.5, 0.6) is 5.75 Å². The fourth-order valence-electron chi connectivity index (χ4n) is 2.29. The van der Waals surface area contributed by atoms with E-state index in [1.54, 1.807) is 6.07 Å². The lowest BCUT2D eigenvalue weighted by Crippen LogP contribution is -2.09. The molecule has 0 radical (unpaired) electrons. The first-order valence-electron chi connectivity index (χ1n) is 6.72. The van der Waals surface area contributed by atoms with Crippen molar-refractivity contribution < 1.29 is 9.84 Å². The SMILES string of the molecule is OCCn1c(COc2ccccc2Cl)nc2ccccc21. The van der Waals surface area contributed by atoms with Crippen LogP contribution in [0.1, 0.15) is 5.82 Å². The van der Waals surface area contributed by atoms with Gasteiger partial charge >= 0.3 is 0 Å². The first kappa shape index (κ1) is 13.9. The van der Waals surface area contributed by atoms with Gasteiger partial charge in [0.1, 0.15) is 18.2 Å². The zero-order valence-electron chi connectivity index (χ0n) is 11.4. The maximum atomic E-state index is 9.24. The molecule has 4 nitrogen and oxygen atoms in total. The molecule has 0 aliphatic rings. The van der Waals surface area contributed by atoms with Crippen molar-refractivity contribution in [1.29, 1.82) is 0 Å². The second-order valence-corrected chi connectivity index (χ2v) is 5.02. The summed E-state index contributed by atoms with van der Waals surface area (Å²) in [7, 11) is 0. The highest BCUT2D eigenvalue weighted by Gasteiger charge is 2.11. The van der Waals surface area contributed by atoms with E-state index in [0.29, 0.717) is 23.9 Å². The van der Waals surface area contributed by atoms with E-state index in [2.05, 4.69) is 4.98 Å². The molecular formula is C16H15ClN2O2. The topological polar surface area (TPSA) is 47.3 Å². The van der Waals surface area contributed by atoms with Crippen LogP contribution in [0.3, 0.4) is 0 Å². The number of para-hydroxylation sites is 3. The van der Waals surface area contributed by atoms with E-state index in [-0.39, 0.29) is 6.61 Å². The fourth-order valence-corrected chi connectivity index (χ4v) is 2.48. The number of aliphatic hydroxyl groups is 1. The van der Waals surface area contributed by atoms with Crippen molar-refractivity contribution in [3.63, 3.8) is 0 Å². The van der Waals surface area contributed by atoms with E-state index < -0.39 is 0 Å². The van der Waals surface area contributed by atoms with Gasteiger partial charge in [-0.3, -0.25) is 0 Å². The monoisotopic (exact) mass is 302 g/mol. The van der Waals surface area contributed by atoms with Gasteiger partial charge in [0.25, 0.3) is 0 Å². The largest absolute Gasteiger partial charge is 0.484 e. The molecule has 0 bridgehead atoms. The zero-order chi connectivity index (χ0) is 14.7. The number of halogens is 1. The van der Waals surface area contributed by atoms with Crippen molar-refractivity contribution >= 4 is 22.6 Å². The Morgan fingerprint density at radius 2 is 1.86 bits per heavy atom. The number of nitrogens with zero attached hydrogens (tertiary/aromatic N) is 2. The zero-order valence-corrected chi connectivity index (χ0v) is 12.1. The van der Waals surface area contributed by atoms with E-state index in [4.69, 9.17) is 16.3 Å². The van der Waals surface area contributed by atoms with Crippen molar-refractivity contribution in [3.8, 4) is 5.75 Å². The highest BCUT2D eigenvalue weighted by atomic mass is 35.5. The van der Waals surface area contributed by atoms with Gasteiger partial charge in [-0.15, -0.1) is 0 Å². The molecule has 0 aliphatic carbocycles. The first-order chi connectivity index (χ1) is 10.3. The first-order valence-corrected chi connectivity index (χ1v) is 7.09. The fraction of sp³-hybridized carbons (Fsp3) is 0.188. The third kappa shape index (κ3) is 2.86. The summed E-state index contributed by atoms with van der Waals surface area (Å²) in [5.74, 6) is 1.40. The van der Waals surface area contributed by atoms with Crippen LogP contribution < -0.4 is 4.74 Å². The lowest BCUT2D eigenvalue weighted by molar-refractivity contribution is 0.260. The van der Waals surface area contributed by atoms with Gasteiger partial charge in [0.2, 0.25) is 0 Å². The van der Waals surface area contributed by atoms with Crippen molar-refractivity contribution in [3.05, 3.63) is 59.4 Å². The minimum absolute atomic E-state index is 0.0550. The Morgan fingerprint density at radius 3 is 2.67 bits per heavy atom. The Balaban J connectivity index is 1.89. The van der Waals surface area contributed by atoms with E-state index in [9.17, 15) is 5.11 Å². The number of fused-ring (bicyclic) bond motifs is 1. The standard InChI is InChI=1S/C16H15ClN2O2/c17-12-5-1-4-8-15(12)21-11-16-18-13-6-2-3-7-14(13)19(16)9-10-20/h1-8,20H,9-11H2. The highest BCUT2D eigenvalue weighted by molar-refractivity contribution is 6.32. The summed E-state index contributed by atoms with van der Waals surface area (Å²) >= 11 is 6.08. The number of imidazole rings is 1. The number of ether oxygens (including phenoxy) is 1. The summed E-state index contributed by atoms with van der Waals surface area (Å²) < 4.78 is 7.71. The number of hydrogen-bond acceptors (Lipinski definition) is 3. The summed E-state index contributed by atoms with van der Waals surface area (Å²) in [6.45, 7) is 0.847. The second kappa shape index (κ2) is 6.16. The quantitative estimate of drug-likeness (QED) is 0.787. The molecule has 21 heavy (non-hydrogen) atoms. The minimum Gasteiger partial charge on any atom is -0.484 e. The van der Waals surface area contributed by atoms with Crippen LogP contribution in [0, 0.1) is 0 Å². The van der Waals surface area contributed by atoms with E-state index in [1.165, 1.54) is 0 Å². The minimum atomic E-state index is 0.0550. The van der Waals surface area contributed by atoms with Gasteiger partial charge in [0, 0.05) is 6.54 Å². The third-order valence-electron chi connectivity index (χ3n) is 3.25. The second-order valence-electron chi connectivity index (χ2n) is 4.61. The van der Waals surface area contributed by atoms with Gasteiger partial charge in [-0.25, -0.2) is 4.98 Å². The predicted octanol–water partition coefficient (Wildman–Crippen LogP) is 3.26. The molecule has 1 heterocycles. The molecule has 5 heteroatoms. The summed E-state index contributed by atoms with van der Waals surface area (Å²) in [4.78, 5) is 4.56. The van der Waals surface area contributed by atoms with Crippen molar-refractivity contribution in [2.75, 3.05) is 6.61 Å². The molecule has 0 unspecified atom stereocenters. The summed E-state index contributed by atoms with van der Waals surface area (Å²) in [5, 5.41) is 9.81. The summed E-state index contributed by atoms with van der Waals surface area (Å²) in [6, 6.07) is 15.2. The molecule has 0 saturated heterocycles. The molecule has 108 valence electrons. The van der Waals surface area contributed by atoms with Gasteiger partial charge in [-0.05, 0) is 24.3 Å². The molecule has 0 amide bonds. The van der Waals surface area contributed by atoms with Gasteiger partial charge in [0.15, 0.2) is 0 Å². The summed E-state index contributed by atoms with van der Waals surface area (Å²) in [5.41, 5.74) is 1.88. The van der Waals surface area contributed by atoms with Crippen LogP contribution in [0.15, 0.2) is 48.5 Å². The molecule has 3 aromatic rings. The smallest absolute Gasteiger partial charge is 0.148 e. The Morgan fingerprint density at radius 1 is 1.10 bits per heavy atom. The van der Waals surface area contributed by atoms with Crippen LogP contribution in [-0.4, -0.2) is 21.3 Å². The number of rotatable bonds is 5. The molecule has 0 fully saturated rings. The molecule has 3 rings (SSSR count). The van der Waals surface area contributed by atoms with Crippen molar-refractivity contribution in [2.24, 2.45) is 0 Å². The maximum Gasteiger partial charge on any atom is 0.148 e. The van der Waals surface area contributed by atoms with Crippen LogP contribution in [0.4, 0.5) is 0 Å². The lowest BCUT2D eigenvalue weighted by atomic mass is 10.3. The Hall–Kier alpha value is -2.04. The predicted molar refractivity (Wildman–Crippen MR) is 82.6 cm³/mol. The molecule has 2 aromatic carbocycles. The Labute approximate surface area is 127 Å². The van der Waals surface area contributed by atoms with E-state index in [0.717, 1.165) is 16.9 Å². The van der Waals surface area contributed by atoms with Crippen molar-refractivity contribution in [1.82, 2.24) is 9.55 Å². The lowest BCUT2D eigenvalue weighted by Gasteiger charge is -2.10. The van der Waals surface area contributed by atoms with Crippen LogP contribution in [0.25, 0.3) is 11.0 Å². The van der Waals surface area contributed by atoms with Gasteiger partial charge in [0.05, 0.1) is 22.7 Å². The molecule has 0 saturated carbocycles. The Bertz CT molecular complexity index is 755. The normalized spacial score (nSPS) is 11.0. The van der Waals surface area contributed by atoms with Gasteiger partial charge < -0.3 is 14.4 Å². The van der Waals surface area contributed by atoms with E-state index >= 15 is 0 Å². The molecule has 0 aliphatic heterocycles. The Kier molecular flexibility index (Phi) is 4.08. The third-order valence-corrected chi connectivity index (χ3v) is 3.56. The maximum absolute atomic E-state index is 9.24. The summed E-state index contributed by atoms with van der Waals surface area (Å²) in [6.07, 6.45) is 0. The van der Waals surface area contributed by atoms with Gasteiger partial charge in [-0.1, -0.05) is 35.9 Å². The molecule has 0 atom stereocenters. The highest BCUT2D eigenvalue weighted by Crippen LogP contribution is 2.24. The van der Waals surface area contributed by atoms with Crippen LogP contribution in [-0.2, 0) is 13.2 Å². The molecular weight excluding hydrogens is 288 g/mol. The number of aliphatic hydroxyl groups excluding tert-OH is 1. The molecule has 1 aromatic heterocycles. The number of aromatic nitrogens is 2. The number of benzene rings is 2.